The molecule has 2 aliphatic heterocycles. The molecule has 0 unspecified atom stereocenters. The van der Waals surface area contributed by atoms with Gasteiger partial charge in [0.05, 0.1) is 15.5 Å². The van der Waals surface area contributed by atoms with Crippen LogP contribution in [-0.2, 0) is 4.74 Å². The molecule has 2 saturated heterocycles. The van der Waals surface area contributed by atoms with E-state index in [-0.39, 0.29) is 28.4 Å². The predicted octanol–water partition coefficient (Wildman–Crippen LogP) is 2.33. The van der Waals surface area contributed by atoms with Crippen LogP contribution in [0, 0.1) is 16.0 Å². The summed E-state index contributed by atoms with van der Waals surface area (Å²) >= 11 is 6.08. The molecule has 24 heavy (non-hydrogen) atoms. The van der Waals surface area contributed by atoms with Gasteiger partial charge in [-0.2, -0.15) is 0 Å². The molecule has 0 aliphatic carbocycles. The van der Waals surface area contributed by atoms with Crippen molar-refractivity contribution >= 4 is 17.3 Å². The molecular weight excluding hydrogens is 334 g/mol. The number of nitro groups is 1. The van der Waals surface area contributed by atoms with E-state index >= 15 is 0 Å². The molecule has 0 aromatic heterocycles. The lowest BCUT2D eigenvalue weighted by atomic mass is 9.84. The van der Waals surface area contributed by atoms with E-state index in [2.05, 4.69) is 10.2 Å². The van der Waals surface area contributed by atoms with Crippen LogP contribution < -0.4 is 5.32 Å². The van der Waals surface area contributed by atoms with E-state index in [4.69, 9.17) is 16.3 Å². The fourth-order valence-electron chi connectivity index (χ4n) is 3.73. The highest BCUT2D eigenvalue weighted by Gasteiger charge is 2.38. The van der Waals surface area contributed by atoms with Crippen LogP contribution in [-0.4, -0.2) is 54.3 Å². The number of halogens is 1. The topological polar surface area (TPSA) is 87.9 Å². The van der Waals surface area contributed by atoms with Gasteiger partial charge in [-0.1, -0.05) is 11.6 Å². The number of nitrogens with zero attached hydrogens (tertiary/aromatic N) is 2. The number of phenolic OH excluding ortho intramolecular Hbond substituents is 1. The quantitative estimate of drug-likeness (QED) is 0.636. The first kappa shape index (κ1) is 17.4. The first-order valence-corrected chi connectivity index (χ1v) is 8.65. The number of benzene rings is 1. The molecule has 2 fully saturated rings. The van der Waals surface area contributed by atoms with Gasteiger partial charge in [0, 0.05) is 51.5 Å². The number of rotatable bonds is 4. The number of hydrogen-bond donors (Lipinski definition) is 2. The summed E-state index contributed by atoms with van der Waals surface area (Å²) in [7, 11) is 0. The molecule has 2 N–H and O–H groups in total. The summed E-state index contributed by atoms with van der Waals surface area (Å²) in [5, 5.41) is 25.6. The van der Waals surface area contributed by atoms with Crippen molar-refractivity contribution in [3.63, 3.8) is 0 Å². The zero-order valence-corrected chi connectivity index (χ0v) is 14.2. The molecule has 1 aromatic rings. The Morgan fingerprint density at radius 3 is 2.62 bits per heavy atom. The van der Waals surface area contributed by atoms with Gasteiger partial charge in [0.25, 0.3) is 5.69 Å². The van der Waals surface area contributed by atoms with Gasteiger partial charge in [-0.05, 0) is 24.8 Å². The minimum absolute atomic E-state index is 0.0630. The summed E-state index contributed by atoms with van der Waals surface area (Å²) in [6.07, 6.45) is 1.63. The number of ether oxygens (including phenoxy) is 1. The lowest BCUT2D eigenvalue weighted by Gasteiger charge is -2.41. The number of phenols is 1. The molecule has 1 aromatic carbocycles. The molecule has 7 nitrogen and oxygen atoms in total. The molecule has 132 valence electrons. The maximum Gasteiger partial charge on any atom is 0.278 e. The van der Waals surface area contributed by atoms with Gasteiger partial charge in [-0.3, -0.25) is 15.0 Å². The Morgan fingerprint density at radius 1 is 1.33 bits per heavy atom. The molecule has 1 atom stereocenters. The van der Waals surface area contributed by atoms with E-state index in [1.54, 1.807) is 0 Å². The second kappa shape index (κ2) is 7.65. The molecular formula is C16H22ClN3O4. The van der Waals surface area contributed by atoms with Gasteiger partial charge in [0.1, 0.15) is 5.75 Å². The van der Waals surface area contributed by atoms with Gasteiger partial charge in [0.15, 0.2) is 0 Å². The highest BCUT2D eigenvalue weighted by Crippen LogP contribution is 2.46. The van der Waals surface area contributed by atoms with Crippen LogP contribution in [0.1, 0.15) is 24.4 Å². The Kier molecular flexibility index (Phi) is 5.55. The Balaban J connectivity index is 2.07. The third-order valence-corrected chi connectivity index (χ3v) is 5.20. The fraction of sp³-hybridized carbons (Fsp3) is 0.625. The van der Waals surface area contributed by atoms with Crippen molar-refractivity contribution in [2.45, 2.75) is 18.9 Å². The second-order valence-electron chi connectivity index (χ2n) is 6.27. The minimum atomic E-state index is -0.431. The SMILES string of the molecule is O=[N+]([O-])c1ccc(Cl)c(O)c1[C@@H](C1CCOCC1)N1CCNCC1. The summed E-state index contributed by atoms with van der Waals surface area (Å²) in [5.41, 5.74) is 0.285. The Labute approximate surface area is 145 Å². The van der Waals surface area contributed by atoms with Crippen molar-refractivity contribution in [3.8, 4) is 5.75 Å². The number of nitrogens with one attached hydrogen (secondary N) is 1. The summed E-state index contributed by atoms with van der Waals surface area (Å²) in [5.74, 6) is 0.0285. The van der Waals surface area contributed by atoms with Crippen LogP contribution in [0.4, 0.5) is 5.69 Å². The van der Waals surface area contributed by atoms with E-state index in [0.717, 1.165) is 39.0 Å². The number of hydrogen-bond acceptors (Lipinski definition) is 6. The highest BCUT2D eigenvalue weighted by molar-refractivity contribution is 6.32. The molecule has 0 radical (unpaired) electrons. The van der Waals surface area contributed by atoms with E-state index in [1.165, 1.54) is 12.1 Å². The van der Waals surface area contributed by atoms with Crippen molar-refractivity contribution < 1.29 is 14.8 Å². The first-order valence-electron chi connectivity index (χ1n) is 8.28. The summed E-state index contributed by atoms with van der Waals surface area (Å²) in [6, 6.07) is 2.55. The van der Waals surface area contributed by atoms with Crippen LogP contribution in [0.5, 0.6) is 5.75 Å². The number of nitro benzene ring substituents is 1. The zero-order chi connectivity index (χ0) is 17.1. The van der Waals surface area contributed by atoms with Gasteiger partial charge in [-0.15, -0.1) is 0 Å². The highest BCUT2D eigenvalue weighted by atomic mass is 35.5. The van der Waals surface area contributed by atoms with Crippen molar-refractivity contribution in [2.75, 3.05) is 39.4 Å². The average Bonchev–Trinajstić information content (AvgIpc) is 2.60. The molecule has 0 amide bonds. The lowest BCUT2D eigenvalue weighted by Crippen LogP contribution is -2.47. The number of aromatic hydroxyl groups is 1. The Hall–Kier alpha value is -1.41. The summed E-state index contributed by atoms with van der Waals surface area (Å²) in [4.78, 5) is 13.3. The smallest absolute Gasteiger partial charge is 0.278 e. The summed E-state index contributed by atoms with van der Waals surface area (Å²) in [6.45, 7) is 4.50. The van der Waals surface area contributed by atoms with Crippen molar-refractivity contribution in [1.82, 2.24) is 10.2 Å². The van der Waals surface area contributed by atoms with Gasteiger partial charge in [-0.25, -0.2) is 0 Å². The third kappa shape index (κ3) is 3.49. The van der Waals surface area contributed by atoms with Gasteiger partial charge >= 0.3 is 0 Å². The molecule has 0 saturated carbocycles. The lowest BCUT2D eigenvalue weighted by molar-refractivity contribution is -0.386. The maximum atomic E-state index is 11.6. The monoisotopic (exact) mass is 355 g/mol. The molecule has 8 heteroatoms. The third-order valence-electron chi connectivity index (χ3n) is 4.89. The molecule has 0 spiro atoms. The van der Waals surface area contributed by atoms with E-state index in [9.17, 15) is 15.2 Å². The van der Waals surface area contributed by atoms with Crippen molar-refractivity contribution in [2.24, 2.45) is 5.92 Å². The fourth-order valence-corrected chi connectivity index (χ4v) is 3.89. The standard InChI is InChI=1S/C16H22ClN3O4/c17-12-1-2-13(20(22)23)14(16(12)21)15(11-3-9-24-10-4-11)19-7-5-18-6-8-19/h1-2,11,15,18,21H,3-10H2/t15-/m1/s1. The van der Waals surface area contributed by atoms with Crippen LogP contribution in [0.15, 0.2) is 12.1 Å². The summed E-state index contributed by atoms with van der Waals surface area (Å²) < 4.78 is 5.45. The van der Waals surface area contributed by atoms with Crippen LogP contribution in [0.2, 0.25) is 5.02 Å². The van der Waals surface area contributed by atoms with E-state index in [1.807, 2.05) is 0 Å². The van der Waals surface area contributed by atoms with Gasteiger partial charge in [0.2, 0.25) is 0 Å². The number of piperazine rings is 1. The second-order valence-corrected chi connectivity index (χ2v) is 6.67. The first-order chi connectivity index (χ1) is 11.6. The Bertz CT molecular complexity index is 583. The van der Waals surface area contributed by atoms with Crippen LogP contribution in [0.3, 0.4) is 0 Å². The van der Waals surface area contributed by atoms with Gasteiger partial charge < -0.3 is 15.2 Å². The maximum absolute atomic E-state index is 11.6. The van der Waals surface area contributed by atoms with Crippen LogP contribution >= 0.6 is 11.6 Å². The molecule has 2 heterocycles. The predicted molar refractivity (Wildman–Crippen MR) is 90.5 cm³/mol. The van der Waals surface area contributed by atoms with E-state index < -0.39 is 4.92 Å². The molecule has 2 aliphatic rings. The van der Waals surface area contributed by atoms with E-state index in [0.29, 0.717) is 18.8 Å². The Morgan fingerprint density at radius 2 is 2.00 bits per heavy atom. The van der Waals surface area contributed by atoms with Crippen molar-refractivity contribution in [3.05, 3.63) is 32.8 Å². The molecule has 0 bridgehead atoms. The minimum Gasteiger partial charge on any atom is -0.506 e. The molecule has 3 rings (SSSR count). The zero-order valence-electron chi connectivity index (χ0n) is 13.4. The largest absolute Gasteiger partial charge is 0.506 e. The average molecular weight is 356 g/mol. The van der Waals surface area contributed by atoms with Crippen LogP contribution in [0.25, 0.3) is 0 Å². The van der Waals surface area contributed by atoms with Crippen molar-refractivity contribution in [1.29, 1.82) is 0 Å². The normalized spacial score (nSPS) is 21.5.